The smallest absolute Gasteiger partial charge is 0.151 e. The third-order valence-electron chi connectivity index (χ3n) is 3.54. The summed E-state index contributed by atoms with van der Waals surface area (Å²) in [6.07, 6.45) is 1.35. The van der Waals surface area contributed by atoms with Gasteiger partial charge in [0.15, 0.2) is 5.82 Å². The Morgan fingerprint density at radius 3 is 3.14 bits per heavy atom. The van der Waals surface area contributed by atoms with Crippen LogP contribution in [0.2, 0.25) is 0 Å². The van der Waals surface area contributed by atoms with Gasteiger partial charge in [-0.3, -0.25) is 0 Å². The van der Waals surface area contributed by atoms with Crippen LogP contribution in [0.25, 0.3) is 0 Å². The van der Waals surface area contributed by atoms with Crippen molar-refractivity contribution in [2.45, 2.75) is 32.1 Å². The van der Waals surface area contributed by atoms with E-state index >= 15 is 0 Å². The van der Waals surface area contributed by atoms with E-state index in [2.05, 4.69) is 20.5 Å². The van der Waals surface area contributed by atoms with Crippen molar-refractivity contribution in [1.29, 1.82) is 0 Å². The molecule has 0 radical (unpaired) electrons. The molecule has 1 fully saturated rings. The van der Waals surface area contributed by atoms with Gasteiger partial charge in [-0.15, -0.1) is 16.4 Å². The molecule has 21 heavy (non-hydrogen) atoms. The minimum Gasteiger partial charge on any atom is -0.348 e. The molecule has 0 saturated carbocycles. The maximum Gasteiger partial charge on any atom is 0.151 e. The molecule has 2 atom stereocenters. The number of hydrogen-bond donors (Lipinski definition) is 1. The summed E-state index contributed by atoms with van der Waals surface area (Å²) in [6.45, 7) is 3.82. The zero-order chi connectivity index (χ0) is 14.7. The third kappa shape index (κ3) is 3.54. The number of nitrogens with zero attached hydrogens (tertiary/aromatic N) is 4. The van der Waals surface area contributed by atoms with Gasteiger partial charge in [0.05, 0.1) is 6.54 Å². The molecule has 0 amide bonds. The van der Waals surface area contributed by atoms with Crippen LogP contribution in [0.5, 0.6) is 0 Å². The Bertz CT molecular complexity index is 576. The van der Waals surface area contributed by atoms with Crippen molar-refractivity contribution in [3.05, 3.63) is 34.4 Å². The van der Waals surface area contributed by atoms with Gasteiger partial charge in [-0.2, -0.15) is 5.10 Å². The molecule has 3 rings (SSSR count). The average Bonchev–Trinajstić information content (AvgIpc) is 3.06. The highest BCUT2D eigenvalue weighted by Gasteiger charge is 2.32. The van der Waals surface area contributed by atoms with Crippen molar-refractivity contribution in [1.82, 2.24) is 20.5 Å². The molecule has 0 aliphatic carbocycles. The van der Waals surface area contributed by atoms with Crippen LogP contribution in [-0.2, 0) is 6.54 Å². The summed E-state index contributed by atoms with van der Waals surface area (Å²) < 4.78 is 13.7. The molecule has 7 heteroatoms. The molecule has 2 aromatic rings. The molecule has 1 N–H and O–H groups in total. The molecule has 1 aliphatic rings. The van der Waals surface area contributed by atoms with E-state index in [1.54, 1.807) is 17.5 Å². The first-order valence-corrected chi connectivity index (χ1v) is 7.90. The van der Waals surface area contributed by atoms with E-state index in [0.29, 0.717) is 13.0 Å². The Labute approximate surface area is 127 Å². The number of halogens is 1. The molecular formula is C14H18FN5S. The normalized spacial score (nSPS) is 21.9. The van der Waals surface area contributed by atoms with E-state index in [1.807, 2.05) is 29.3 Å². The first kappa shape index (κ1) is 14.3. The molecular weight excluding hydrogens is 289 g/mol. The van der Waals surface area contributed by atoms with Crippen molar-refractivity contribution in [2.24, 2.45) is 0 Å². The van der Waals surface area contributed by atoms with Gasteiger partial charge >= 0.3 is 0 Å². The standard InChI is InChI=1S/C14H18FN5S/c1-10-9-21-14(18-10)7-16-6-12-5-11(15)8-20(12)13-3-2-4-17-19-13/h2-4,9,11-12,16H,5-8H2,1H3/t11-,12-/m0/s1. The van der Waals surface area contributed by atoms with Gasteiger partial charge in [-0.25, -0.2) is 9.37 Å². The maximum atomic E-state index is 13.7. The Balaban J connectivity index is 1.58. The quantitative estimate of drug-likeness (QED) is 0.915. The van der Waals surface area contributed by atoms with Crippen molar-refractivity contribution in [3.8, 4) is 0 Å². The van der Waals surface area contributed by atoms with E-state index in [4.69, 9.17) is 0 Å². The van der Waals surface area contributed by atoms with Crippen molar-refractivity contribution < 1.29 is 4.39 Å². The lowest BCUT2D eigenvalue weighted by molar-refractivity contribution is 0.354. The lowest BCUT2D eigenvalue weighted by atomic mass is 10.2. The van der Waals surface area contributed by atoms with Crippen molar-refractivity contribution >= 4 is 17.2 Å². The van der Waals surface area contributed by atoms with E-state index in [0.717, 1.165) is 29.6 Å². The van der Waals surface area contributed by atoms with Gasteiger partial charge in [-0.1, -0.05) is 0 Å². The Hall–Kier alpha value is -1.60. The molecule has 2 aromatic heterocycles. The molecule has 5 nitrogen and oxygen atoms in total. The monoisotopic (exact) mass is 307 g/mol. The number of aryl methyl sites for hydroxylation is 1. The van der Waals surface area contributed by atoms with Gasteiger partial charge in [0.1, 0.15) is 11.2 Å². The first-order chi connectivity index (χ1) is 10.2. The summed E-state index contributed by atoms with van der Waals surface area (Å²) in [4.78, 5) is 6.41. The summed E-state index contributed by atoms with van der Waals surface area (Å²) in [5.74, 6) is 0.745. The van der Waals surface area contributed by atoms with Crippen LogP contribution in [-0.4, -0.2) is 40.5 Å². The second-order valence-electron chi connectivity index (χ2n) is 5.23. The van der Waals surface area contributed by atoms with Crippen LogP contribution in [0.4, 0.5) is 10.2 Å². The van der Waals surface area contributed by atoms with E-state index in [9.17, 15) is 4.39 Å². The summed E-state index contributed by atoms with van der Waals surface area (Å²) in [5.41, 5.74) is 1.04. The largest absolute Gasteiger partial charge is 0.348 e. The van der Waals surface area contributed by atoms with Gasteiger partial charge in [0, 0.05) is 42.8 Å². The number of thiazole rings is 1. The van der Waals surface area contributed by atoms with Gasteiger partial charge in [0.2, 0.25) is 0 Å². The van der Waals surface area contributed by atoms with E-state index in [1.165, 1.54) is 0 Å². The second-order valence-corrected chi connectivity index (χ2v) is 6.18. The lowest BCUT2D eigenvalue weighted by Crippen LogP contribution is -2.38. The molecule has 0 aromatic carbocycles. The number of hydrogen-bond acceptors (Lipinski definition) is 6. The zero-order valence-corrected chi connectivity index (χ0v) is 12.7. The molecule has 3 heterocycles. The fourth-order valence-electron chi connectivity index (χ4n) is 2.61. The fraction of sp³-hybridized carbons (Fsp3) is 0.500. The zero-order valence-electron chi connectivity index (χ0n) is 11.9. The molecule has 0 unspecified atom stereocenters. The van der Waals surface area contributed by atoms with Crippen LogP contribution in [0.1, 0.15) is 17.1 Å². The molecule has 112 valence electrons. The number of anilines is 1. The second kappa shape index (κ2) is 6.44. The topological polar surface area (TPSA) is 53.9 Å². The van der Waals surface area contributed by atoms with E-state index < -0.39 is 6.17 Å². The highest BCUT2D eigenvalue weighted by atomic mass is 32.1. The number of nitrogens with one attached hydrogen (secondary N) is 1. The van der Waals surface area contributed by atoms with Crippen LogP contribution in [0, 0.1) is 6.92 Å². The van der Waals surface area contributed by atoms with Crippen LogP contribution in [0.3, 0.4) is 0 Å². The highest BCUT2D eigenvalue weighted by Crippen LogP contribution is 2.24. The lowest BCUT2D eigenvalue weighted by Gasteiger charge is -2.24. The Morgan fingerprint density at radius 2 is 2.43 bits per heavy atom. The minimum absolute atomic E-state index is 0.109. The first-order valence-electron chi connectivity index (χ1n) is 7.02. The molecule has 0 bridgehead atoms. The number of aromatic nitrogens is 3. The molecule has 1 aliphatic heterocycles. The van der Waals surface area contributed by atoms with Gasteiger partial charge in [0.25, 0.3) is 0 Å². The number of rotatable bonds is 5. The summed E-state index contributed by atoms with van der Waals surface area (Å²) >= 11 is 1.65. The molecule has 0 spiro atoms. The van der Waals surface area contributed by atoms with Crippen LogP contribution >= 0.6 is 11.3 Å². The third-order valence-corrected chi connectivity index (χ3v) is 4.51. The van der Waals surface area contributed by atoms with Crippen LogP contribution in [0.15, 0.2) is 23.7 Å². The summed E-state index contributed by atoms with van der Waals surface area (Å²) in [7, 11) is 0. The van der Waals surface area contributed by atoms with Crippen LogP contribution < -0.4 is 10.2 Å². The van der Waals surface area contributed by atoms with E-state index in [-0.39, 0.29) is 6.04 Å². The Kier molecular flexibility index (Phi) is 4.40. The minimum atomic E-state index is -0.805. The van der Waals surface area contributed by atoms with Gasteiger partial charge < -0.3 is 10.2 Å². The summed E-state index contributed by atoms with van der Waals surface area (Å²) in [6, 6.07) is 3.82. The number of alkyl halides is 1. The van der Waals surface area contributed by atoms with Gasteiger partial charge in [-0.05, 0) is 19.1 Å². The highest BCUT2D eigenvalue weighted by molar-refractivity contribution is 7.09. The predicted octanol–water partition coefficient (Wildman–Crippen LogP) is 1.95. The molecule has 1 saturated heterocycles. The predicted molar refractivity (Wildman–Crippen MR) is 81.2 cm³/mol. The Morgan fingerprint density at radius 1 is 1.52 bits per heavy atom. The fourth-order valence-corrected chi connectivity index (χ4v) is 3.35. The SMILES string of the molecule is Cc1csc(CNC[C@@H]2C[C@H](F)CN2c2cccnn2)n1. The summed E-state index contributed by atoms with van der Waals surface area (Å²) in [5, 5.41) is 14.4. The van der Waals surface area contributed by atoms with Crippen molar-refractivity contribution in [2.75, 3.05) is 18.0 Å². The van der Waals surface area contributed by atoms with Crippen molar-refractivity contribution in [3.63, 3.8) is 0 Å². The maximum absolute atomic E-state index is 13.7. The average molecular weight is 307 g/mol.